The van der Waals surface area contributed by atoms with Gasteiger partial charge >= 0.3 is 0 Å². The Kier molecular flexibility index (Phi) is 3.35. The lowest BCUT2D eigenvalue weighted by Gasteiger charge is -2.06. The van der Waals surface area contributed by atoms with Gasteiger partial charge in [0.05, 0.1) is 11.0 Å². The Morgan fingerprint density at radius 2 is 1.21 bits per heavy atom. The molecule has 0 aliphatic heterocycles. The molecule has 2 aromatic heterocycles. The zero-order valence-corrected chi connectivity index (χ0v) is 13.6. The molecule has 3 heteroatoms. The van der Waals surface area contributed by atoms with Gasteiger partial charge in [0.2, 0.25) is 0 Å². The number of pyridine rings is 2. The monoisotopic (exact) mass is 312 g/mol. The number of hydrogen-bond acceptors (Lipinski definition) is 3. The highest BCUT2D eigenvalue weighted by Crippen LogP contribution is 2.21. The molecule has 3 nitrogen and oxygen atoms in total. The first-order valence-corrected chi connectivity index (χ1v) is 7.89. The van der Waals surface area contributed by atoms with Crippen molar-refractivity contribution in [3.8, 4) is 0 Å². The second-order valence-electron chi connectivity index (χ2n) is 6.07. The number of rotatable bonds is 2. The summed E-state index contributed by atoms with van der Waals surface area (Å²) in [6, 6.07) is 15.8. The standard InChI is InChI=1S/C21H16N2O/c1-13-5-3-7-15-9-17(11-22-19(13)15)21(24)18-10-16-8-4-6-14(2)20(16)23-12-18/h3-12H,1-2H3. The van der Waals surface area contributed by atoms with E-state index in [0.717, 1.165) is 32.9 Å². The molecule has 116 valence electrons. The average Bonchev–Trinajstić information content (AvgIpc) is 2.61. The highest BCUT2D eigenvalue weighted by Gasteiger charge is 2.12. The second-order valence-corrected chi connectivity index (χ2v) is 6.07. The largest absolute Gasteiger partial charge is 0.288 e. The normalized spacial score (nSPS) is 11.1. The molecule has 2 heterocycles. The molecule has 0 unspecified atom stereocenters. The molecule has 4 rings (SSSR count). The van der Waals surface area contributed by atoms with Gasteiger partial charge in [-0.1, -0.05) is 36.4 Å². The van der Waals surface area contributed by atoms with E-state index in [-0.39, 0.29) is 5.78 Å². The van der Waals surface area contributed by atoms with Crippen LogP contribution < -0.4 is 0 Å². The summed E-state index contributed by atoms with van der Waals surface area (Å²) in [7, 11) is 0. The molecule has 4 aromatic rings. The fourth-order valence-electron chi connectivity index (χ4n) is 3.04. The summed E-state index contributed by atoms with van der Waals surface area (Å²) in [6.07, 6.45) is 3.30. The zero-order valence-electron chi connectivity index (χ0n) is 13.6. The molecule has 0 saturated carbocycles. The highest BCUT2D eigenvalue weighted by molar-refractivity contribution is 6.11. The van der Waals surface area contributed by atoms with Crippen molar-refractivity contribution in [1.82, 2.24) is 9.97 Å². The Labute approximate surface area is 140 Å². The zero-order chi connectivity index (χ0) is 16.7. The van der Waals surface area contributed by atoms with Crippen LogP contribution in [-0.2, 0) is 0 Å². The predicted octanol–water partition coefficient (Wildman–Crippen LogP) is 4.63. The summed E-state index contributed by atoms with van der Waals surface area (Å²) in [6.45, 7) is 4.04. The maximum absolute atomic E-state index is 12.8. The van der Waals surface area contributed by atoms with Gasteiger partial charge in [0, 0.05) is 34.3 Å². The van der Waals surface area contributed by atoms with E-state index in [1.54, 1.807) is 12.4 Å². The third kappa shape index (κ3) is 2.35. The molecule has 0 aliphatic rings. The smallest absolute Gasteiger partial charge is 0.196 e. The fourth-order valence-corrected chi connectivity index (χ4v) is 3.04. The van der Waals surface area contributed by atoms with Crippen LogP contribution >= 0.6 is 0 Å². The number of benzene rings is 2. The van der Waals surface area contributed by atoms with Gasteiger partial charge in [-0.15, -0.1) is 0 Å². The first-order chi connectivity index (χ1) is 11.6. The Balaban J connectivity index is 1.81. The van der Waals surface area contributed by atoms with Crippen LogP contribution in [0.25, 0.3) is 21.8 Å². The minimum absolute atomic E-state index is 0.0539. The fraction of sp³-hybridized carbons (Fsp3) is 0.0952. The van der Waals surface area contributed by atoms with Crippen molar-refractivity contribution in [2.45, 2.75) is 13.8 Å². The molecular formula is C21H16N2O. The lowest BCUT2D eigenvalue weighted by atomic mass is 10.0. The number of aromatic nitrogens is 2. The molecule has 2 aromatic carbocycles. The number of nitrogens with zero attached hydrogens (tertiary/aromatic N) is 2. The third-order valence-corrected chi connectivity index (χ3v) is 4.35. The summed E-state index contributed by atoms with van der Waals surface area (Å²) in [4.78, 5) is 21.7. The van der Waals surface area contributed by atoms with Gasteiger partial charge in [0.15, 0.2) is 5.78 Å². The third-order valence-electron chi connectivity index (χ3n) is 4.35. The molecule has 0 radical (unpaired) electrons. The molecule has 0 atom stereocenters. The number of fused-ring (bicyclic) bond motifs is 2. The number of carbonyl (C=O) groups excluding carboxylic acids is 1. The number of ketones is 1. The Morgan fingerprint density at radius 3 is 1.67 bits per heavy atom. The van der Waals surface area contributed by atoms with Crippen molar-refractivity contribution >= 4 is 27.6 Å². The summed E-state index contributed by atoms with van der Waals surface area (Å²) < 4.78 is 0. The van der Waals surface area contributed by atoms with Crippen molar-refractivity contribution < 1.29 is 4.79 Å². The van der Waals surface area contributed by atoms with Gasteiger partial charge in [0.25, 0.3) is 0 Å². The Hall–Kier alpha value is -3.07. The summed E-state index contributed by atoms with van der Waals surface area (Å²) in [5.41, 5.74) is 5.25. The van der Waals surface area contributed by atoms with Gasteiger partial charge in [-0.25, -0.2) is 0 Å². The molecule has 0 amide bonds. The Morgan fingerprint density at radius 1 is 0.750 bits per heavy atom. The van der Waals surface area contributed by atoms with Crippen molar-refractivity contribution in [3.63, 3.8) is 0 Å². The molecule has 0 spiro atoms. The van der Waals surface area contributed by atoms with Gasteiger partial charge in [-0.3, -0.25) is 14.8 Å². The van der Waals surface area contributed by atoms with E-state index in [0.29, 0.717) is 11.1 Å². The lowest BCUT2D eigenvalue weighted by Crippen LogP contribution is -2.03. The summed E-state index contributed by atoms with van der Waals surface area (Å²) >= 11 is 0. The van der Waals surface area contributed by atoms with Crippen LogP contribution in [0.4, 0.5) is 0 Å². The van der Waals surface area contributed by atoms with Crippen molar-refractivity contribution in [3.05, 3.63) is 83.2 Å². The molecule has 0 aliphatic carbocycles. The molecule has 0 N–H and O–H groups in total. The predicted molar refractivity (Wildman–Crippen MR) is 96.4 cm³/mol. The van der Waals surface area contributed by atoms with Crippen molar-refractivity contribution in [1.29, 1.82) is 0 Å². The van der Waals surface area contributed by atoms with Gasteiger partial charge in [-0.2, -0.15) is 0 Å². The van der Waals surface area contributed by atoms with Crippen molar-refractivity contribution in [2.24, 2.45) is 0 Å². The topological polar surface area (TPSA) is 42.9 Å². The van der Waals surface area contributed by atoms with Crippen molar-refractivity contribution in [2.75, 3.05) is 0 Å². The Bertz CT molecular complexity index is 1010. The quantitative estimate of drug-likeness (QED) is 0.507. The van der Waals surface area contributed by atoms with E-state index >= 15 is 0 Å². The summed E-state index contributed by atoms with van der Waals surface area (Å²) in [5.74, 6) is -0.0539. The van der Waals surface area contributed by atoms with Crippen LogP contribution in [0.15, 0.2) is 60.9 Å². The van der Waals surface area contributed by atoms with Crippen LogP contribution in [0.2, 0.25) is 0 Å². The van der Waals surface area contributed by atoms with E-state index in [1.807, 2.05) is 62.4 Å². The van der Waals surface area contributed by atoms with E-state index in [9.17, 15) is 4.79 Å². The van der Waals surface area contributed by atoms with E-state index in [4.69, 9.17) is 0 Å². The highest BCUT2D eigenvalue weighted by atomic mass is 16.1. The van der Waals surface area contributed by atoms with Gasteiger partial charge in [-0.05, 0) is 37.1 Å². The minimum Gasteiger partial charge on any atom is -0.288 e. The minimum atomic E-state index is -0.0539. The van der Waals surface area contributed by atoms with E-state index in [1.165, 1.54) is 0 Å². The number of para-hydroxylation sites is 2. The maximum Gasteiger partial charge on any atom is 0.196 e. The van der Waals surface area contributed by atoms with Crippen LogP contribution in [0.3, 0.4) is 0 Å². The SMILES string of the molecule is Cc1cccc2cc(C(=O)c3cnc4c(C)cccc4c3)cnc12. The van der Waals surface area contributed by atoms with Gasteiger partial charge < -0.3 is 0 Å². The average molecular weight is 312 g/mol. The molecule has 0 saturated heterocycles. The molecule has 24 heavy (non-hydrogen) atoms. The van der Waals surface area contributed by atoms with E-state index in [2.05, 4.69) is 9.97 Å². The molecule has 0 bridgehead atoms. The number of aryl methyl sites for hydroxylation is 2. The molecular weight excluding hydrogens is 296 g/mol. The maximum atomic E-state index is 12.8. The first kappa shape index (κ1) is 14.5. The number of carbonyl (C=O) groups is 1. The lowest BCUT2D eigenvalue weighted by molar-refractivity contribution is 0.103. The van der Waals surface area contributed by atoms with Crippen LogP contribution in [-0.4, -0.2) is 15.8 Å². The number of hydrogen-bond donors (Lipinski definition) is 0. The van der Waals surface area contributed by atoms with E-state index < -0.39 is 0 Å². The molecule has 0 fully saturated rings. The first-order valence-electron chi connectivity index (χ1n) is 7.89. The van der Waals surface area contributed by atoms with Gasteiger partial charge in [0.1, 0.15) is 0 Å². The van der Waals surface area contributed by atoms with Crippen LogP contribution in [0.5, 0.6) is 0 Å². The van der Waals surface area contributed by atoms with Crippen LogP contribution in [0, 0.1) is 13.8 Å². The summed E-state index contributed by atoms with van der Waals surface area (Å²) in [5, 5.41) is 1.95. The van der Waals surface area contributed by atoms with Crippen LogP contribution in [0.1, 0.15) is 27.0 Å². The second kappa shape index (κ2) is 5.53.